The van der Waals surface area contributed by atoms with Crippen LogP contribution in [0.4, 0.5) is 5.69 Å². The Hall–Kier alpha value is -0.540. The summed E-state index contributed by atoms with van der Waals surface area (Å²) in [7, 11) is 0. The Kier molecular flexibility index (Phi) is 5.50. The van der Waals surface area contributed by atoms with Crippen LogP contribution in [0.1, 0.15) is 51.7 Å². The van der Waals surface area contributed by atoms with E-state index in [1.807, 2.05) is 12.1 Å². The Balaban J connectivity index is 2.12. The third kappa shape index (κ3) is 3.76. The van der Waals surface area contributed by atoms with Crippen molar-refractivity contribution in [2.45, 2.75) is 46.1 Å². The van der Waals surface area contributed by atoms with Crippen LogP contribution < -0.4 is 4.90 Å². The fraction of sp³-hybridized carbons (Fsp3) is 0.647. The van der Waals surface area contributed by atoms with E-state index in [0.29, 0.717) is 0 Å². The Morgan fingerprint density at radius 2 is 1.95 bits per heavy atom. The zero-order valence-corrected chi connectivity index (χ0v) is 14.4. The summed E-state index contributed by atoms with van der Waals surface area (Å²) in [5, 5.41) is 9.66. The van der Waals surface area contributed by atoms with E-state index in [1.165, 1.54) is 24.9 Å². The third-order valence-electron chi connectivity index (χ3n) is 4.51. The molecule has 2 atom stereocenters. The minimum atomic E-state index is -0.408. The number of halogens is 1. The molecule has 2 rings (SSSR count). The van der Waals surface area contributed by atoms with Crippen molar-refractivity contribution in [2.24, 2.45) is 11.8 Å². The van der Waals surface area contributed by atoms with Crippen LogP contribution in [0.25, 0.3) is 0 Å². The number of hydrogen-bond acceptors (Lipinski definition) is 2. The van der Waals surface area contributed by atoms with Crippen molar-refractivity contribution in [3.8, 4) is 0 Å². The van der Waals surface area contributed by atoms with Crippen molar-refractivity contribution < 1.29 is 5.11 Å². The van der Waals surface area contributed by atoms with E-state index >= 15 is 0 Å². The molecule has 0 aliphatic carbocycles. The molecule has 0 saturated carbocycles. The van der Waals surface area contributed by atoms with Crippen LogP contribution in [-0.4, -0.2) is 18.2 Å². The van der Waals surface area contributed by atoms with E-state index in [-0.39, 0.29) is 0 Å². The van der Waals surface area contributed by atoms with Crippen LogP contribution in [0, 0.1) is 11.8 Å². The molecule has 20 heavy (non-hydrogen) atoms. The van der Waals surface area contributed by atoms with Crippen molar-refractivity contribution in [2.75, 3.05) is 18.0 Å². The van der Waals surface area contributed by atoms with Gasteiger partial charge in [-0.05, 0) is 71.6 Å². The molecule has 1 aromatic rings. The average Bonchev–Trinajstić information content (AvgIpc) is 2.64. The normalized spacial score (nSPS) is 21.9. The smallest absolute Gasteiger partial charge is 0.0762 e. The van der Waals surface area contributed by atoms with Crippen LogP contribution in [0.15, 0.2) is 22.7 Å². The molecule has 1 fully saturated rings. The molecule has 0 amide bonds. The third-order valence-corrected chi connectivity index (χ3v) is 5.15. The largest absolute Gasteiger partial charge is 0.389 e. The van der Waals surface area contributed by atoms with Gasteiger partial charge in [0.1, 0.15) is 0 Å². The first-order valence-corrected chi connectivity index (χ1v) is 8.50. The van der Waals surface area contributed by atoms with Gasteiger partial charge in [0.15, 0.2) is 0 Å². The maximum absolute atomic E-state index is 9.66. The first-order valence-electron chi connectivity index (χ1n) is 7.71. The van der Waals surface area contributed by atoms with Gasteiger partial charge in [0.25, 0.3) is 0 Å². The number of aliphatic hydroxyl groups is 1. The molecule has 1 heterocycles. The van der Waals surface area contributed by atoms with Gasteiger partial charge < -0.3 is 10.0 Å². The lowest BCUT2D eigenvalue weighted by Crippen LogP contribution is -2.25. The monoisotopic (exact) mass is 339 g/mol. The summed E-state index contributed by atoms with van der Waals surface area (Å²) in [5.74, 6) is 1.64. The Labute approximate surface area is 131 Å². The lowest BCUT2D eigenvalue weighted by Gasteiger charge is -2.25. The zero-order valence-electron chi connectivity index (χ0n) is 12.8. The predicted molar refractivity (Wildman–Crippen MR) is 89.2 cm³/mol. The van der Waals surface area contributed by atoms with Crippen LogP contribution in [0.5, 0.6) is 0 Å². The van der Waals surface area contributed by atoms with Crippen molar-refractivity contribution >= 4 is 21.6 Å². The number of rotatable bonds is 3. The Morgan fingerprint density at radius 3 is 2.55 bits per heavy atom. The standard InChI is InChI=1S/C17H26BrNO/c1-12(2)14-5-4-9-19(10-8-14)17-7-6-15(13(3)20)11-16(17)18/h6-7,11-14,20H,4-5,8-10H2,1-3H3/t13-,14?/m0/s1. The fourth-order valence-electron chi connectivity index (χ4n) is 3.07. The second-order valence-corrected chi connectivity index (χ2v) is 7.16. The second kappa shape index (κ2) is 6.95. The maximum Gasteiger partial charge on any atom is 0.0762 e. The van der Waals surface area contributed by atoms with E-state index in [1.54, 1.807) is 6.92 Å². The van der Waals surface area contributed by atoms with Crippen LogP contribution in [-0.2, 0) is 0 Å². The van der Waals surface area contributed by atoms with Crippen molar-refractivity contribution in [1.29, 1.82) is 0 Å². The highest BCUT2D eigenvalue weighted by Crippen LogP contribution is 2.33. The number of hydrogen-bond donors (Lipinski definition) is 1. The summed E-state index contributed by atoms with van der Waals surface area (Å²) in [4.78, 5) is 2.48. The molecule has 1 saturated heterocycles. The second-order valence-electron chi connectivity index (χ2n) is 6.31. The molecule has 0 bridgehead atoms. The first kappa shape index (κ1) is 15.8. The van der Waals surface area contributed by atoms with Crippen LogP contribution in [0.3, 0.4) is 0 Å². The van der Waals surface area contributed by atoms with E-state index in [0.717, 1.165) is 35.0 Å². The molecule has 1 aliphatic heterocycles. The number of aliphatic hydroxyl groups excluding tert-OH is 1. The van der Waals surface area contributed by atoms with E-state index in [9.17, 15) is 5.11 Å². The van der Waals surface area contributed by atoms with Crippen LogP contribution >= 0.6 is 15.9 Å². The quantitative estimate of drug-likeness (QED) is 0.857. The SMILES string of the molecule is CC(C)C1CCCN(c2ccc([C@H](C)O)cc2Br)CC1. The molecule has 0 aromatic heterocycles. The Morgan fingerprint density at radius 1 is 1.20 bits per heavy atom. The summed E-state index contributed by atoms with van der Waals surface area (Å²) in [5.41, 5.74) is 2.23. The maximum atomic E-state index is 9.66. The number of benzene rings is 1. The van der Waals surface area contributed by atoms with Crippen molar-refractivity contribution in [3.05, 3.63) is 28.2 Å². The first-order chi connectivity index (χ1) is 9.49. The van der Waals surface area contributed by atoms with Gasteiger partial charge in [-0.15, -0.1) is 0 Å². The molecule has 1 aliphatic rings. The van der Waals surface area contributed by atoms with Gasteiger partial charge in [-0.2, -0.15) is 0 Å². The van der Waals surface area contributed by atoms with E-state index in [4.69, 9.17) is 0 Å². The van der Waals surface area contributed by atoms with Gasteiger partial charge in [-0.1, -0.05) is 19.9 Å². The summed E-state index contributed by atoms with van der Waals surface area (Å²) < 4.78 is 1.10. The van der Waals surface area contributed by atoms with Crippen molar-refractivity contribution in [1.82, 2.24) is 0 Å². The van der Waals surface area contributed by atoms with E-state index in [2.05, 4.69) is 40.7 Å². The Bertz CT molecular complexity index is 445. The topological polar surface area (TPSA) is 23.5 Å². The average molecular weight is 340 g/mol. The van der Waals surface area contributed by atoms with Gasteiger partial charge in [-0.25, -0.2) is 0 Å². The van der Waals surface area contributed by atoms with Gasteiger partial charge in [0.2, 0.25) is 0 Å². The number of anilines is 1. The van der Waals surface area contributed by atoms with Gasteiger partial charge in [0, 0.05) is 17.6 Å². The lowest BCUT2D eigenvalue weighted by atomic mass is 9.89. The summed E-state index contributed by atoms with van der Waals surface area (Å²) in [6.45, 7) is 8.76. The molecule has 1 aromatic carbocycles. The summed E-state index contributed by atoms with van der Waals surface area (Å²) in [6, 6.07) is 6.22. The number of nitrogens with zero attached hydrogens (tertiary/aromatic N) is 1. The zero-order chi connectivity index (χ0) is 14.7. The van der Waals surface area contributed by atoms with Crippen LogP contribution in [0.2, 0.25) is 0 Å². The van der Waals surface area contributed by atoms with Gasteiger partial charge >= 0.3 is 0 Å². The molecule has 0 radical (unpaired) electrons. The van der Waals surface area contributed by atoms with Crippen molar-refractivity contribution in [3.63, 3.8) is 0 Å². The molecule has 1 unspecified atom stereocenters. The van der Waals surface area contributed by atoms with E-state index < -0.39 is 6.10 Å². The van der Waals surface area contributed by atoms with Gasteiger partial charge in [0.05, 0.1) is 11.8 Å². The predicted octanol–water partition coefficient (Wildman–Crippen LogP) is 4.76. The minimum Gasteiger partial charge on any atom is -0.389 e. The molecule has 3 heteroatoms. The molecule has 1 N–H and O–H groups in total. The molecule has 0 spiro atoms. The molecular formula is C17H26BrNO. The molecular weight excluding hydrogens is 314 g/mol. The fourth-order valence-corrected chi connectivity index (χ4v) is 3.72. The lowest BCUT2D eigenvalue weighted by molar-refractivity contribution is 0.199. The minimum absolute atomic E-state index is 0.408. The highest BCUT2D eigenvalue weighted by atomic mass is 79.9. The summed E-state index contributed by atoms with van der Waals surface area (Å²) in [6.07, 6.45) is 3.49. The summed E-state index contributed by atoms with van der Waals surface area (Å²) >= 11 is 3.67. The highest BCUT2D eigenvalue weighted by Gasteiger charge is 2.20. The molecule has 112 valence electrons. The van der Waals surface area contributed by atoms with Gasteiger partial charge in [-0.3, -0.25) is 0 Å². The molecule has 2 nitrogen and oxygen atoms in total. The highest BCUT2D eigenvalue weighted by molar-refractivity contribution is 9.10.